The van der Waals surface area contributed by atoms with Crippen molar-refractivity contribution in [3.05, 3.63) is 83.6 Å². The number of aromatic nitrogens is 2. The summed E-state index contributed by atoms with van der Waals surface area (Å²) in [6.45, 7) is 5.53. The lowest BCUT2D eigenvalue weighted by Gasteiger charge is -2.11. The molecule has 8 nitrogen and oxygen atoms in total. The molecule has 0 saturated heterocycles. The Balaban J connectivity index is 1.45. The molecule has 2 heterocycles. The molecule has 1 aliphatic heterocycles. The second kappa shape index (κ2) is 9.58. The molecule has 8 heteroatoms. The quantitative estimate of drug-likeness (QED) is 0.374. The van der Waals surface area contributed by atoms with E-state index in [0.29, 0.717) is 35.1 Å². The molecule has 0 bridgehead atoms. The van der Waals surface area contributed by atoms with Gasteiger partial charge in [0.2, 0.25) is 12.7 Å². The van der Waals surface area contributed by atoms with Gasteiger partial charge in [0.15, 0.2) is 11.5 Å². The van der Waals surface area contributed by atoms with Crippen LogP contribution in [0.15, 0.2) is 66.7 Å². The molecule has 0 unspecified atom stereocenters. The van der Waals surface area contributed by atoms with E-state index in [4.69, 9.17) is 19.3 Å². The van der Waals surface area contributed by atoms with Gasteiger partial charge in [0.25, 0.3) is 5.91 Å². The minimum absolute atomic E-state index is 0.150. The average molecular weight is 484 g/mol. The number of esters is 1. The Kier molecular flexibility index (Phi) is 6.16. The second-order valence-electron chi connectivity index (χ2n) is 8.42. The summed E-state index contributed by atoms with van der Waals surface area (Å²) in [6, 6.07) is 20.3. The summed E-state index contributed by atoms with van der Waals surface area (Å²) >= 11 is 0. The van der Waals surface area contributed by atoms with Gasteiger partial charge in [-0.05, 0) is 61.4 Å². The van der Waals surface area contributed by atoms with Crippen molar-refractivity contribution in [1.29, 1.82) is 0 Å². The molecule has 0 saturated carbocycles. The van der Waals surface area contributed by atoms with Crippen LogP contribution in [0.4, 0.5) is 5.69 Å². The monoisotopic (exact) mass is 483 g/mol. The number of fused-ring (bicyclic) bond motifs is 1. The topological polar surface area (TPSA) is 91.7 Å². The lowest BCUT2D eigenvalue weighted by atomic mass is 10.0. The van der Waals surface area contributed by atoms with Crippen LogP contribution in [0.3, 0.4) is 0 Å². The standard InChI is InChI=1S/C28H25N3O5/c1-4-23-26(28(36-18(3)32)31(30-23)22-12-5-17(2)6-13-22)19-7-10-21(11-8-19)29-27(33)20-9-14-24-25(15-20)35-16-34-24/h5-15H,4,16H2,1-3H3,(H,29,33). The zero-order valence-corrected chi connectivity index (χ0v) is 20.2. The van der Waals surface area contributed by atoms with E-state index < -0.39 is 5.97 Å². The van der Waals surface area contributed by atoms with E-state index in [-0.39, 0.29) is 12.7 Å². The Bertz CT molecular complexity index is 1440. The predicted molar refractivity (Wildman–Crippen MR) is 135 cm³/mol. The molecule has 0 aliphatic carbocycles. The Morgan fingerprint density at radius 2 is 1.72 bits per heavy atom. The highest BCUT2D eigenvalue weighted by atomic mass is 16.7. The van der Waals surface area contributed by atoms with E-state index in [0.717, 1.165) is 28.1 Å². The number of nitrogens with zero attached hydrogens (tertiary/aromatic N) is 2. The van der Waals surface area contributed by atoms with Gasteiger partial charge in [-0.3, -0.25) is 9.59 Å². The molecule has 5 rings (SSSR count). The maximum absolute atomic E-state index is 12.8. The van der Waals surface area contributed by atoms with Gasteiger partial charge in [0.05, 0.1) is 16.9 Å². The first-order chi connectivity index (χ1) is 17.4. The van der Waals surface area contributed by atoms with Crippen molar-refractivity contribution in [2.75, 3.05) is 12.1 Å². The first-order valence-corrected chi connectivity index (χ1v) is 11.6. The molecule has 1 amide bonds. The summed E-state index contributed by atoms with van der Waals surface area (Å²) in [4.78, 5) is 24.7. The predicted octanol–water partition coefficient (Wildman–Crippen LogP) is 5.32. The molecule has 0 fully saturated rings. The van der Waals surface area contributed by atoms with Gasteiger partial charge in [-0.15, -0.1) is 0 Å². The SMILES string of the molecule is CCc1nn(-c2ccc(C)cc2)c(OC(C)=O)c1-c1ccc(NC(=O)c2ccc3c(c2)OCO3)cc1. The summed E-state index contributed by atoms with van der Waals surface area (Å²) in [7, 11) is 0. The van der Waals surface area contributed by atoms with Gasteiger partial charge < -0.3 is 19.5 Å². The summed E-state index contributed by atoms with van der Waals surface area (Å²) in [5, 5.41) is 7.64. The van der Waals surface area contributed by atoms with Gasteiger partial charge in [-0.1, -0.05) is 36.8 Å². The zero-order chi connectivity index (χ0) is 25.2. The summed E-state index contributed by atoms with van der Waals surface area (Å²) in [6.07, 6.45) is 0.644. The highest BCUT2D eigenvalue weighted by Crippen LogP contribution is 2.37. The smallest absolute Gasteiger partial charge is 0.309 e. The minimum atomic E-state index is -0.431. The Morgan fingerprint density at radius 1 is 1.00 bits per heavy atom. The Hall–Kier alpha value is -4.59. The van der Waals surface area contributed by atoms with Crippen LogP contribution in [0.5, 0.6) is 17.4 Å². The molecule has 0 radical (unpaired) electrons. The molecule has 1 aromatic heterocycles. The number of aryl methyl sites for hydroxylation is 2. The number of hydrogen-bond donors (Lipinski definition) is 1. The van der Waals surface area contributed by atoms with Crippen LogP contribution < -0.4 is 19.5 Å². The largest absolute Gasteiger partial charge is 0.454 e. The van der Waals surface area contributed by atoms with Gasteiger partial charge in [-0.2, -0.15) is 9.78 Å². The molecule has 36 heavy (non-hydrogen) atoms. The molecule has 0 atom stereocenters. The van der Waals surface area contributed by atoms with E-state index in [9.17, 15) is 9.59 Å². The van der Waals surface area contributed by atoms with Gasteiger partial charge in [0.1, 0.15) is 0 Å². The van der Waals surface area contributed by atoms with Crippen LogP contribution in [-0.2, 0) is 11.2 Å². The average Bonchev–Trinajstić information content (AvgIpc) is 3.49. The number of nitrogens with one attached hydrogen (secondary N) is 1. The number of benzene rings is 3. The number of rotatable bonds is 6. The lowest BCUT2D eigenvalue weighted by molar-refractivity contribution is -0.132. The van der Waals surface area contributed by atoms with E-state index in [1.807, 2.05) is 50.2 Å². The maximum Gasteiger partial charge on any atom is 0.309 e. The van der Waals surface area contributed by atoms with Crippen molar-refractivity contribution in [1.82, 2.24) is 9.78 Å². The van der Waals surface area contributed by atoms with Gasteiger partial charge in [-0.25, -0.2) is 0 Å². The normalized spacial score (nSPS) is 11.9. The summed E-state index contributed by atoms with van der Waals surface area (Å²) in [5.74, 6) is 0.842. The van der Waals surface area contributed by atoms with Crippen molar-refractivity contribution in [2.24, 2.45) is 0 Å². The molecule has 4 aromatic rings. The fourth-order valence-corrected chi connectivity index (χ4v) is 4.04. The van der Waals surface area contributed by atoms with E-state index in [1.165, 1.54) is 6.92 Å². The highest BCUT2D eigenvalue weighted by Gasteiger charge is 2.23. The molecule has 182 valence electrons. The number of anilines is 1. The Morgan fingerprint density at radius 3 is 2.42 bits per heavy atom. The molecule has 0 spiro atoms. The molecular weight excluding hydrogens is 458 g/mol. The molecule has 1 N–H and O–H groups in total. The van der Waals surface area contributed by atoms with E-state index in [2.05, 4.69) is 5.32 Å². The fourth-order valence-electron chi connectivity index (χ4n) is 4.04. The van der Waals surface area contributed by atoms with Crippen molar-refractivity contribution < 1.29 is 23.8 Å². The third-order valence-electron chi connectivity index (χ3n) is 5.84. The molecular formula is C28H25N3O5. The zero-order valence-electron chi connectivity index (χ0n) is 20.2. The molecule has 1 aliphatic rings. The third-order valence-corrected chi connectivity index (χ3v) is 5.84. The van der Waals surface area contributed by atoms with Crippen LogP contribution in [0.1, 0.15) is 35.5 Å². The summed E-state index contributed by atoms with van der Waals surface area (Å²) in [5.41, 5.74) is 5.36. The Labute approximate surface area is 208 Å². The number of carbonyl (C=O) groups excluding carboxylic acids is 2. The first kappa shape index (κ1) is 23.2. The second-order valence-corrected chi connectivity index (χ2v) is 8.42. The van der Waals surface area contributed by atoms with Crippen LogP contribution >= 0.6 is 0 Å². The van der Waals surface area contributed by atoms with Crippen molar-refractivity contribution >= 4 is 17.6 Å². The molecule has 3 aromatic carbocycles. The fraction of sp³-hybridized carbons (Fsp3) is 0.179. The maximum atomic E-state index is 12.8. The van der Waals surface area contributed by atoms with E-state index >= 15 is 0 Å². The number of hydrogen-bond acceptors (Lipinski definition) is 6. The first-order valence-electron chi connectivity index (χ1n) is 11.6. The van der Waals surface area contributed by atoms with E-state index in [1.54, 1.807) is 35.0 Å². The van der Waals surface area contributed by atoms with Crippen LogP contribution in [0.25, 0.3) is 16.8 Å². The van der Waals surface area contributed by atoms with Gasteiger partial charge >= 0.3 is 5.97 Å². The number of carbonyl (C=O) groups is 2. The van der Waals surface area contributed by atoms with Crippen molar-refractivity contribution in [3.8, 4) is 34.2 Å². The summed E-state index contributed by atoms with van der Waals surface area (Å²) < 4.78 is 18.0. The third kappa shape index (κ3) is 4.53. The van der Waals surface area contributed by atoms with Gasteiger partial charge in [0, 0.05) is 18.2 Å². The number of ether oxygens (including phenoxy) is 3. The van der Waals surface area contributed by atoms with Crippen LogP contribution in [0.2, 0.25) is 0 Å². The minimum Gasteiger partial charge on any atom is -0.454 e. The van der Waals surface area contributed by atoms with Crippen molar-refractivity contribution in [2.45, 2.75) is 27.2 Å². The highest BCUT2D eigenvalue weighted by molar-refractivity contribution is 6.04. The van der Waals surface area contributed by atoms with Crippen LogP contribution in [0, 0.1) is 6.92 Å². The van der Waals surface area contributed by atoms with Crippen LogP contribution in [-0.4, -0.2) is 28.4 Å². The lowest BCUT2D eigenvalue weighted by Crippen LogP contribution is -2.11. The number of amides is 1. The van der Waals surface area contributed by atoms with Crippen molar-refractivity contribution in [3.63, 3.8) is 0 Å².